The zero-order valence-corrected chi connectivity index (χ0v) is 17.4. The van der Waals surface area contributed by atoms with Gasteiger partial charge in [0.05, 0.1) is 10.6 Å². The summed E-state index contributed by atoms with van der Waals surface area (Å²) in [6.45, 7) is 1.46. The molecule has 0 radical (unpaired) electrons. The maximum atomic E-state index is 13.8. The normalized spacial score (nSPS) is 10.8. The number of rotatable bonds is 6. The molecule has 0 aliphatic carbocycles. The summed E-state index contributed by atoms with van der Waals surface area (Å²) in [5, 5.41) is 12.4. The van der Waals surface area contributed by atoms with Gasteiger partial charge in [0.15, 0.2) is 11.6 Å². The first-order valence-corrected chi connectivity index (χ1v) is 10.0. The van der Waals surface area contributed by atoms with E-state index in [0.29, 0.717) is 17.3 Å². The number of nitrogens with one attached hydrogen (secondary N) is 1. The van der Waals surface area contributed by atoms with Gasteiger partial charge in [0.25, 0.3) is 5.91 Å². The van der Waals surface area contributed by atoms with Crippen LogP contribution in [0.1, 0.15) is 16.4 Å². The molecule has 0 spiro atoms. The molecule has 0 fully saturated rings. The number of anilines is 1. The van der Waals surface area contributed by atoms with Gasteiger partial charge in [-0.3, -0.25) is 9.59 Å². The summed E-state index contributed by atoms with van der Waals surface area (Å²) in [5.41, 5.74) is 0.428. The van der Waals surface area contributed by atoms with Crippen molar-refractivity contribution in [2.45, 2.75) is 6.92 Å². The van der Waals surface area contributed by atoms with Crippen LogP contribution in [-0.4, -0.2) is 50.2 Å². The Labute approximate surface area is 180 Å². The summed E-state index contributed by atoms with van der Waals surface area (Å²) >= 11 is 1.41. The summed E-state index contributed by atoms with van der Waals surface area (Å²) in [6.07, 6.45) is 0. The molecule has 4 rings (SSSR count). The molecule has 31 heavy (non-hydrogen) atoms. The Morgan fingerprint density at radius 2 is 2.10 bits per heavy atom. The third kappa shape index (κ3) is 4.51. The van der Waals surface area contributed by atoms with E-state index in [-0.39, 0.29) is 18.2 Å². The lowest BCUT2D eigenvalue weighted by molar-refractivity contribution is -0.116. The summed E-state index contributed by atoms with van der Waals surface area (Å²) in [4.78, 5) is 31.4. The molecule has 4 aromatic rings. The number of carbonyl (C=O) groups excluding carboxylic acids is 2. The Kier molecular flexibility index (Phi) is 5.58. The third-order valence-corrected chi connectivity index (χ3v) is 5.08. The largest absolute Gasteiger partial charge is 0.360 e. The van der Waals surface area contributed by atoms with Crippen LogP contribution in [0, 0.1) is 12.7 Å². The minimum absolute atomic E-state index is 0.111. The number of likely N-dealkylation sites (N-methyl/N-ethyl adjacent to an activating group) is 1. The molecular weight excluding hydrogens is 423 g/mol. The third-order valence-electron chi connectivity index (χ3n) is 4.22. The highest BCUT2D eigenvalue weighted by atomic mass is 32.1. The number of carbonyl (C=O) groups is 2. The van der Waals surface area contributed by atoms with E-state index in [2.05, 4.69) is 20.6 Å². The number of hydrogen-bond acceptors (Lipinski definition) is 7. The lowest BCUT2D eigenvalue weighted by Crippen LogP contribution is -2.35. The van der Waals surface area contributed by atoms with E-state index in [1.54, 1.807) is 25.1 Å². The maximum absolute atomic E-state index is 13.8. The van der Waals surface area contributed by atoms with E-state index in [0.717, 1.165) is 4.88 Å². The molecular formula is C20H17FN6O3S. The van der Waals surface area contributed by atoms with Crippen molar-refractivity contribution < 1.29 is 18.5 Å². The van der Waals surface area contributed by atoms with Gasteiger partial charge in [-0.25, -0.2) is 14.1 Å². The monoisotopic (exact) mass is 440 g/mol. The van der Waals surface area contributed by atoms with E-state index >= 15 is 0 Å². The molecule has 0 aliphatic rings. The van der Waals surface area contributed by atoms with Crippen molar-refractivity contribution in [2.75, 3.05) is 18.9 Å². The number of hydrogen-bond donors (Lipinski definition) is 1. The molecule has 0 bridgehead atoms. The Morgan fingerprint density at radius 1 is 1.26 bits per heavy atom. The van der Waals surface area contributed by atoms with Crippen LogP contribution in [0.2, 0.25) is 0 Å². The van der Waals surface area contributed by atoms with Gasteiger partial charge in [0, 0.05) is 13.1 Å². The average Bonchev–Trinajstić information content (AvgIpc) is 3.48. The van der Waals surface area contributed by atoms with E-state index < -0.39 is 17.6 Å². The molecule has 1 N–H and O–H groups in total. The first-order chi connectivity index (χ1) is 14.9. The second kappa shape index (κ2) is 8.48. The van der Waals surface area contributed by atoms with Crippen LogP contribution >= 0.6 is 11.3 Å². The topological polar surface area (TPSA) is 106 Å². The molecule has 9 nitrogen and oxygen atoms in total. The van der Waals surface area contributed by atoms with Crippen LogP contribution in [0.5, 0.6) is 0 Å². The van der Waals surface area contributed by atoms with Crippen molar-refractivity contribution in [3.63, 3.8) is 0 Å². The summed E-state index contributed by atoms with van der Waals surface area (Å²) in [6, 6.07) is 11.1. The van der Waals surface area contributed by atoms with E-state index in [1.807, 2.05) is 17.5 Å². The fourth-order valence-corrected chi connectivity index (χ4v) is 3.52. The number of halogens is 1. The molecule has 3 aromatic heterocycles. The number of thiophene rings is 1. The summed E-state index contributed by atoms with van der Waals surface area (Å²) in [7, 11) is 1.46. The minimum atomic E-state index is -0.556. The van der Waals surface area contributed by atoms with E-state index in [1.165, 1.54) is 40.1 Å². The van der Waals surface area contributed by atoms with Gasteiger partial charge < -0.3 is 14.7 Å². The second-order valence-electron chi connectivity index (χ2n) is 6.66. The van der Waals surface area contributed by atoms with Gasteiger partial charge >= 0.3 is 0 Å². The quantitative estimate of drug-likeness (QED) is 0.494. The smallest absolute Gasteiger partial charge is 0.293 e. The first-order valence-electron chi connectivity index (χ1n) is 9.16. The molecule has 3 heterocycles. The fourth-order valence-electron chi connectivity index (χ4n) is 2.82. The van der Waals surface area contributed by atoms with Crippen molar-refractivity contribution in [1.82, 2.24) is 24.8 Å². The molecule has 2 amide bonds. The molecule has 158 valence electrons. The van der Waals surface area contributed by atoms with Gasteiger partial charge in [-0.2, -0.15) is 0 Å². The second-order valence-corrected chi connectivity index (χ2v) is 7.61. The average molecular weight is 440 g/mol. The predicted octanol–water partition coefficient (Wildman–Crippen LogP) is 3.14. The van der Waals surface area contributed by atoms with E-state index in [9.17, 15) is 14.0 Å². The molecule has 0 atom stereocenters. The first kappa shape index (κ1) is 20.4. The van der Waals surface area contributed by atoms with Gasteiger partial charge in [-0.15, -0.1) is 16.4 Å². The van der Waals surface area contributed by atoms with Crippen molar-refractivity contribution in [3.8, 4) is 16.4 Å². The van der Waals surface area contributed by atoms with Gasteiger partial charge in [0.2, 0.25) is 11.7 Å². The molecule has 1 aromatic carbocycles. The van der Waals surface area contributed by atoms with Crippen LogP contribution < -0.4 is 5.32 Å². The highest BCUT2D eigenvalue weighted by Crippen LogP contribution is 2.26. The van der Waals surface area contributed by atoms with Crippen LogP contribution in [-0.2, 0) is 4.79 Å². The standard InChI is InChI=1S/C20H17FN6O3S/c1-12-9-16(25-30-12)22-17(28)11-26(2)20(29)18-23-19(15-7-4-8-31-15)27(24-18)14-6-3-5-13(21)10-14/h3-10H,11H2,1-2H3,(H,22,25,28). The lowest BCUT2D eigenvalue weighted by atomic mass is 10.3. The molecule has 0 saturated heterocycles. The Bertz CT molecular complexity index is 1230. The Morgan fingerprint density at radius 3 is 2.77 bits per heavy atom. The summed E-state index contributed by atoms with van der Waals surface area (Å²) in [5.74, 6) is -0.341. The van der Waals surface area contributed by atoms with Crippen molar-refractivity contribution >= 4 is 29.0 Å². The van der Waals surface area contributed by atoms with Crippen molar-refractivity contribution in [2.24, 2.45) is 0 Å². The van der Waals surface area contributed by atoms with Crippen LogP contribution in [0.4, 0.5) is 10.2 Å². The number of benzene rings is 1. The highest BCUT2D eigenvalue weighted by Gasteiger charge is 2.23. The molecule has 0 aliphatic heterocycles. The van der Waals surface area contributed by atoms with E-state index in [4.69, 9.17) is 4.52 Å². The summed E-state index contributed by atoms with van der Waals surface area (Å²) < 4.78 is 20.1. The maximum Gasteiger partial charge on any atom is 0.293 e. The number of aromatic nitrogens is 4. The lowest BCUT2D eigenvalue weighted by Gasteiger charge is -2.14. The predicted molar refractivity (Wildman–Crippen MR) is 111 cm³/mol. The van der Waals surface area contributed by atoms with Crippen molar-refractivity contribution in [3.05, 3.63) is 65.2 Å². The fraction of sp³-hybridized carbons (Fsp3) is 0.150. The number of amides is 2. The molecule has 0 unspecified atom stereocenters. The number of nitrogens with zero attached hydrogens (tertiary/aromatic N) is 5. The van der Waals surface area contributed by atoms with Crippen LogP contribution in [0.15, 0.2) is 52.4 Å². The molecule has 11 heteroatoms. The minimum Gasteiger partial charge on any atom is -0.360 e. The Hall–Kier alpha value is -3.86. The highest BCUT2D eigenvalue weighted by molar-refractivity contribution is 7.13. The number of aryl methyl sites for hydroxylation is 1. The SMILES string of the molecule is Cc1cc(NC(=O)CN(C)C(=O)c2nc(-c3cccs3)n(-c3cccc(F)c3)n2)no1. The zero-order chi connectivity index (χ0) is 22.0. The van der Waals surface area contributed by atoms with Crippen molar-refractivity contribution in [1.29, 1.82) is 0 Å². The zero-order valence-electron chi connectivity index (χ0n) is 16.6. The van der Waals surface area contributed by atoms with Crippen LogP contribution in [0.25, 0.3) is 16.4 Å². The van der Waals surface area contributed by atoms with Gasteiger partial charge in [-0.1, -0.05) is 17.3 Å². The van der Waals surface area contributed by atoms with Gasteiger partial charge in [0.1, 0.15) is 18.1 Å². The molecule has 0 saturated carbocycles. The van der Waals surface area contributed by atoms with Crippen LogP contribution in [0.3, 0.4) is 0 Å². The Balaban J connectivity index is 1.57. The van der Waals surface area contributed by atoms with Gasteiger partial charge in [-0.05, 0) is 36.6 Å².